The first-order valence-corrected chi connectivity index (χ1v) is 9.28. The summed E-state index contributed by atoms with van der Waals surface area (Å²) < 4.78 is 24.8. The van der Waals surface area contributed by atoms with Gasteiger partial charge in [-0.25, -0.2) is 13.2 Å². The zero-order valence-corrected chi connectivity index (χ0v) is 13.5. The van der Waals surface area contributed by atoms with E-state index in [4.69, 9.17) is 0 Å². The fourth-order valence-electron chi connectivity index (χ4n) is 3.28. The molecule has 1 aromatic carbocycles. The molecule has 0 spiro atoms. The summed E-state index contributed by atoms with van der Waals surface area (Å²) in [5, 5.41) is 9.19. The quantitative estimate of drug-likeness (QED) is 0.875. The Labute approximate surface area is 134 Å². The van der Waals surface area contributed by atoms with Crippen molar-refractivity contribution in [2.24, 2.45) is 0 Å². The van der Waals surface area contributed by atoms with Crippen LogP contribution in [-0.2, 0) is 21.2 Å². The highest BCUT2D eigenvalue weighted by molar-refractivity contribution is 7.92. The van der Waals surface area contributed by atoms with E-state index in [2.05, 4.69) is 0 Å². The van der Waals surface area contributed by atoms with Gasteiger partial charge in [0, 0.05) is 18.7 Å². The Balaban J connectivity index is 1.89. The molecule has 23 heavy (non-hydrogen) atoms. The van der Waals surface area contributed by atoms with Crippen LogP contribution in [0.4, 0.5) is 5.69 Å². The van der Waals surface area contributed by atoms with Gasteiger partial charge >= 0.3 is 5.97 Å². The van der Waals surface area contributed by atoms with Gasteiger partial charge in [0.1, 0.15) is 6.04 Å². The van der Waals surface area contributed by atoms with E-state index in [9.17, 15) is 23.1 Å². The van der Waals surface area contributed by atoms with Gasteiger partial charge < -0.3 is 10.0 Å². The van der Waals surface area contributed by atoms with Crippen molar-refractivity contribution in [2.75, 3.05) is 23.7 Å². The van der Waals surface area contributed by atoms with E-state index >= 15 is 0 Å². The molecule has 0 aliphatic carbocycles. The molecule has 0 saturated carbocycles. The van der Waals surface area contributed by atoms with Gasteiger partial charge in [0.05, 0.1) is 11.9 Å². The van der Waals surface area contributed by atoms with Gasteiger partial charge in [-0.3, -0.25) is 9.10 Å². The Hall–Kier alpha value is -2.09. The van der Waals surface area contributed by atoms with Crippen LogP contribution in [0.1, 0.15) is 28.8 Å². The summed E-state index contributed by atoms with van der Waals surface area (Å²) in [6.07, 6.45) is 2.85. The van der Waals surface area contributed by atoms with Gasteiger partial charge in [-0.2, -0.15) is 0 Å². The average molecular weight is 338 g/mol. The molecular weight excluding hydrogens is 320 g/mol. The average Bonchev–Trinajstić information content (AvgIpc) is 3.11. The predicted molar refractivity (Wildman–Crippen MR) is 84.0 cm³/mol. The molecule has 7 nitrogen and oxygen atoms in total. The second-order valence-corrected chi connectivity index (χ2v) is 7.83. The molecule has 3 rings (SSSR count). The number of nitrogens with zero attached hydrogens (tertiary/aromatic N) is 2. The number of benzene rings is 1. The topological polar surface area (TPSA) is 95.0 Å². The van der Waals surface area contributed by atoms with E-state index in [0.29, 0.717) is 43.6 Å². The number of aliphatic carboxylic acids is 1. The number of sulfonamides is 1. The Morgan fingerprint density at radius 3 is 2.65 bits per heavy atom. The number of fused-ring (bicyclic) bond motifs is 1. The number of carbonyl (C=O) groups is 2. The van der Waals surface area contributed by atoms with Crippen molar-refractivity contribution in [3.8, 4) is 0 Å². The third-order valence-corrected chi connectivity index (χ3v) is 5.56. The van der Waals surface area contributed by atoms with E-state index in [1.807, 2.05) is 0 Å². The molecule has 0 aromatic heterocycles. The number of carbonyl (C=O) groups excluding carboxylic acids is 1. The van der Waals surface area contributed by atoms with Crippen LogP contribution in [0, 0.1) is 0 Å². The van der Waals surface area contributed by atoms with Crippen LogP contribution in [0.5, 0.6) is 0 Å². The van der Waals surface area contributed by atoms with Crippen LogP contribution < -0.4 is 4.31 Å². The first kappa shape index (κ1) is 15.8. The third-order valence-electron chi connectivity index (χ3n) is 4.38. The fourth-order valence-corrected chi connectivity index (χ4v) is 4.24. The maximum Gasteiger partial charge on any atom is 0.326 e. The van der Waals surface area contributed by atoms with Crippen molar-refractivity contribution in [3.05, 3.63) is 29.3 Å². The lowest BCUT2D eigenvalue weighted by Crippen LogP contribution is -2.40. The first-order chi connectivity index (χ1) is 10.8. The van der Waals surface area contributed by atoms with Crippen molar-refractivity contribution in [2.45, 2.75) is 25.3 Å². The minimum atomic E-state index is -3.32. The molecule has 1 saturated heterocycles. The summed E-state index contributed by atoms with van der Waals surface area (Å²) in [7, 11) is -3.32. The van der Waals surface area contributed by atoms with Crippen LogP contribution in [0.15, 0.2) is 18.2 Å². The molecule has 8 heteroatoms. The lowest BCUT2D eigenvalue weighted by molar-refractivity contribution is -0.141. The molecule has 2 aliphatic rings. The van der Waals surface area contributed by atoms with Crippen LogP contribution in [0.3, 0.4) is 0 Å². The number of carboxylic acid groups (broad SMARTS) is 1. The van der Waals surface area contributed by atoms with Gasteiger partial charge in [0.25, 0.3) is 5.91 Å². The summed E-state index contributed by atoms with van der Waals surface area (Å²) in [6.45, 7) is 0.801. The van der Waals surface area contributed by atoms with Crippen LogP contribution in [0.2, 0.25) is 0 Å². The van der Waals surface area contributed by atoms with E-state index in [1.165, 1.54) is 9.21 Å². The monoisotopic (exact) mass is 338 g/mol. The second kappa shape index (κ2) is 5.52. The Kier molecular flexibility index (Phi) is 3.79. The minimum absolute atomic E-state index is 0.310. The molecule has 1 fully saturated rings. The van der Waals surface area contributed by atoms with Crippen LogP contribution >= 0.6 is 0 Å². The van der Waals surface area contributed by atoms with E-state index in [-0.39, 0.29) is 5.91 Å². The summed E-state index contributed by atoms with van der Waals surface area (Å²) in [4.78, 5) is 25.2. The first-order valence-electron chi connectivity index (χ1n) is 7.43. The molecule has 2 aliphatic heterocycles. The fraction of sp³-hybridized carbons (Fsp3) is 0.467. The Morgan fingerprint density at radius 1 is 1.26 bits per heavy atom. The molecular formula is C15H18N2O5S. The minimum Gasteiger partial charge on any atom is -0.480 e. The van der Waals surface area contributed by atoms with Gasteiger partial charge in [-0.05, 0) is 43.0 Å². The lowest BCUT2D eigenvalue weighted by atomic mass is 10.1. The van der Waals surface area contributed by atoms with Gasteiger partial charge in [0.2, 0.25) is 10.0 Å². The molecule has 1 aromatic rings. The Bertz CT molecular complexity index is 774. The van der Waals surface area contributed by atoms with Crippen LogP contribution in [-0.4, -0.2) is 55.7 Å². The highest BCUT2D eigenvalue weighted by atomic mass is 32.2. The van der Waals surface area contributed by atoms with Crippen molar-refractivity contribution >= 4 is 27.6 Å². The highest BCUT2D eigenvalue weighted by Gasteiger charge is 2.35. The van der Waals surface area contributed by atoms with Gasteiger partial charge in [-0.1, -0.05) is 0 Å². The maximum atomic E-state index is 12.6. The van der Waals surface area contributed by atoms with E-state index in [1.54, 1.807) is 18.2 Å². The zero-order chi connectivity index (χ0) is 16.8. The SMILES string of the molecule is CS(=O)(=O)N1CCc2cc(C(=O)N3CCCC3C(=O)O)ccc21. The van der Waals surface area contributed by atoms with Crippen LogP contribution in [0.25, 0.3) is 0 Å². The smallest absolute Gasteiger partial charge is 0.326 e. The molecule has 1 N–H and O–H groups in total. The molecule has 1 unspecified atom stereocenters. The van der Waals surface area contributed by atoms with Gasteiger partial charge in [-0.15, -0.1) is 0 Å². The Morgan fingerprint density at radius 2 is 2.00 bits per heavy atom. The molecule has 2 heterocycles. The van der Waals surface area contributed by atoms with E-state index in [0.717, 1.165) is 11.8 Å². The summed E-state index contributed by atoms with van der Waals surface area (Å²) in [5.74, 6) is -1.30. The summed E-state index contributed by atoms with van der Waals surface area (Å²) >= 11 is 0. The van der Waals surface area contributed by atoms with Crippen molar-refractivity contribution in [3.63, 3.8) is 0 Å². The standard InChI is InChI=1S/C15H18N2O5S/c1-23(21,22)17-8-6-10-9-11(4-5-12(10)17)14(18)16-7-2-3-13(16)15(19)20/h4-5,9,13H,2-3,6-8H2,1H3,(H,19,20). The zero-order valence-electron chi connectivity index (χ0n) is 12.7. The van der Waals surface area contributed by atoms with Gasteiger partial charge in [0.15, 0.2) is 0 Å². The molecule has 1 amide bonds. The molecule has 124 valence electrons. The number of anilines is 1. The maximum absolute atomic E-state index is 12.6. The highest BCUT2D eigenvalue weighted by Crippen LogP contribution is 2.31. The van der Waals surface area contributed by atoms with Crippen molar-refractivity contribution in [1.82, 2.24) is 4.90 Å². The lowest BCUT2D eigenvalue weighted by Gasteiger charge is -2.22. The molecule has 1 atom stereocenters. The normalized spacial score (nSPS) is 20.7. The van der Waals surface area contributed by atoms with Crippen molar-refractivity contribution < 1.29 is 23.1 Å². The number of likely N-dealkylation sites (tertiary alicyclic amines) is 1. The third kappa shape index (κ3) is 2.78. The number of amides is 1. The largest absolute Gasteiger partial charge is 0.480 e. The number of hydrogen-bond donors (Lipinski definition) is 1. The number of hydrogen-bond acceptors (Lipinski definition) is 4. The molecule has 0 radical (unpaired) electrons. The number of carboxylic acids is 1. The molecule has 0 bridgehead atoms. The predicted octanol–water partition coefficient (Wildman–Crippen LogP) is 0.698. The van der Waals surface area contributed by atoms with Crippen molar-refractivity contribution in [1.29, 1.82) is 0 Å². The number of rotatable bonds is 3. The van der Waals surface area contributed by atoms with E-state index < -0.39 is 22.0 Å². The summed E-state index contributed by atoms with van der Waals surface area (Å²) in [6, 6.07) is 4.10. The summed E-state index contributed by atoms with van der Waals surface area (Å²) in [5.41, 5.74) is 1.81. The second-order valence-electron chi connectivity index (χ2n) is 5.92.